The predicted molar refractivity (Wildman–Crippen MR) is 73.7 cm³/mol. The molecule has 2 aliphatic carbocycles. The standard InChI is InChI=1S/C15H25N3O/c1-14(8-6-7-9-14)13-17-12(18-19-13)15(16)10-4-2-3-5-11-15/h2-11,16H2,1H3. The van der Waals surface area contributed by atoms with E-state index in [1.807, 2.05) is 0 Å². The van der Waals surface area contributed by atoms with Crippen LogP contribution in [0.15, 0.2) is 4.52 Å². The quantitative estimate of drug-likeness (QED) is 0.830. The Hall–Kier alpha value is -0.900. The van der Waals surface area contributed by atoms with Crippen LogP contribution < -0.4 is 5.73 Å². The molecule has 1 aromatic heterocycles. The van der Waals surface area contributed by atoms with Crippen molar-refractivity contribution in [2.45, 2.75) is 82.1 Å². The summed E-state index contributed by atoms with van der Waals surface area (Å²) < 4.78 is 5.57. The zero-order valence-corrected chi connectivity index (χ0v) is 12.0. The molecule has 2 fully saturated rings. The lowest BCUT2D eigenvalue weighted by Gasteiger charge is -2.23. The highest BCUT2D eigenvalue weighted by Gasteiger charge is 2.39. The summed E-state index contributed by atoms with van der Waals surface area (Å²) in [7, 11) is 0. The van der Waals surface area contributed by atoms with Gasteiger partial charge in [-0.3, -0.25) is 0 Å². The summed E-state index contributed by atoms with van der Waals surface area (Å²) in [5, 5.41) is 4.23. The minimum absolute atomic E-state index is 0.0896. The summed E-state index contributed by atoms with van der Waals surface area (Å²) >= 11 is 0. The molecule has 0 atom stereocenters. The summed E-state index contributed by atoms with van der Waals surface area (Å²) in [5.74, 6) is 1.56. The Morgan fingerprint density at radius 2 is 1.53 bits per heavy atom. The molecule has 1 heterocycles. The van der Waals surface area contributed by atoms with E-state index in [9.17, 15) is 0 Å². The van der Waals surface area contributed by atoms with Crippen LogP contribution in [0.4, 0.5) is 0 Å². The maximum atomic E-state index is 6.55. The predicted octanol–water partition coefficient (Wildman–Crippen LogP) is 3.41. The summed E-state index contributed by atoms with van der Waals surface area (Å²) in [6.45, 7) is 2.24. The Kier molecular flexibility index (Phi) is 3.37. The second-order valence-corrected chi connectivity index (χ2v) is 6.76. The lowest BCUT2D eigenvalue weighted by atomic mass is 9.88. The third-order valence-electron chi connectivity index (χ3n) is 5.09. The van der Waals surface area contributed by atoms with Gasteiger partial charge < -0.3 is 10.3 Å². The highest BCUT2D eigenvalue weighted by Crippen LogP contribution is 2.41. The van der Waals surface area contributed by atoms with Crippen molar-refractivity contribution in [3.63, 3.8) is 0 Å². The van der Waals surface area contributed by atoms with Crippen LogP contribution >= 0.6 is 0 Å². The van der Waals surface area contributed by atoms with Crippen LogP contribution in [0, 0.1) is 0 Å². The molecule has 106 valence electrons. The van der Waals surface area contributed by atoms with E-state index in [0.717, 1.165) is 37.4 Å². The van der Waals surface area contributed by atoms with Crippen molar-refractivity contribution in [3.8, 4) is 0 Å². The third kappa shape index (κ3) is 2.42. The summed E-state index contributed by atoms with van der Waals surface area (Å²) in [6.07, 6.45) is 11.7. The first-order valence-corrected chi connectivity index (χ1v) is 7.76. The van der Waals surface area contributed by atoms with Gasteiger partial charge >= 0.3 is 0 Å². The van der Waals surface area contributed by atoms with Crippen LogP contribution in [0.5, 0.6) is 0 Å². The molecule has 0 spiro atoms. The average Bonchev–Trinajstić information content (AvgIpc) is 2.99. The van der Waals surface area contributed by atoms with Gasteiger partial charge in [0.2, 0.25) is 5.89 Å². The first-order valence-electron chi connectivity index (χ1n) is 7.76. The van der Waals surface area contributed by atoms with E-state index < -0.39 is 0 Å². The number of hydrogen-bond acceptors (Lipinski definition) is 4. The Balaban J connectivity index is 1.83. The molecule has 2 saturated carbocycles. The maximum Gasteiger partial charge on any atom is 0.232 e. The normalized spacial score (nSPS) is 26.2. The second kappa shape index (κ2) is 4.89. The topological polar surface area (TPSA) is 64.9 Å². The molecule has 0 bridgehead atoms. The first kappa shape index (κ1) is 13.1. The molecule has 0 saturated heterocycles. The van der Waals surface area contributed by atoms with Crippen molar-refractivity contribution in [1.82, 2.24) is 10.1 Å². The van der Waals surface area contributed by atoms with Crippen LogP contribution in [0.2, 0.25) is 0 Å². The van der Waals surface area contributed by atoms with Crippen molar-refractivity contribution < 1.29 is 4.52 Å². The lowest BCUT2D eigenvalue weighted by Crippen LogP contribution is -2.37. The van der Waals surface area contributed by atoms with Crippen LogP contribution in [0.25, 0.3) is 0 Å². The maximum absolute atomic E-state index is 6.55. The van der Waals surface area contributed by atoms with Gasteiger partial charge in [-0.25, -0.2) is 0 Å². The van der Waals surface area contributed by atoms with Crippen molar-refractivity contribution in [2.75, 3.05) is 0 Å². The molecular weight excluding hydrogens is 238 g/mol. The van der Waals surface area contributed by atoms with Crippen molar-refractivity contribution >= 4 is 0 Å². The van der Waals surface area contributed by atoms with Gasteiger partial charge in [0.1, 0.15) is 0 Å². The molecule has 0 aliphatic heterocycles. The van der Waals surface area contributed by atoms with Crippen molar-refractivity contribution in [3.05, 3.63) is 11.7 Å². The Bertz CT molecular complexity index is 426. The average molecular weight is 263 g/mol. The monoisotopic (exact) mass is 263 g/mol. The molecule has 4 nitrogen and oxygen atoms in total. The molecule has 1 aromatic rings. The van der Waals surface area contributed by atoms with Gasteiger partial charge in [0, 0.05) is 5.41 Å². The SMILES string of the molecule is CC1(c2nc(C3(N)CCCCCC3)no2)CCCC1. The Morgan fingerprint density at radius 3 is 2.16 bits per heavy atom. The van der Waals surface area contributed by atoms with Gasteiger partial charge in [-0.2, -0.15) is 4.98 Å². The molecule has 2 N–H and O–H groups in total. The molecule has 4 heteroatoms. The molecule has 3 rings (SSSR count). The number of nitrogens with zero attached hydrogens (tertiary/aromatic N) is 2. The number of nitrogens with two attached hydrogens (primary N) is 1. The highest BCUT2D eigenvalue weighted by molar-refractivity contribution is 5.10. The minimum Gasteiger partial charge on any atom is -0.339 e. The van der Waals surface area contributed by atoms with Gasteiger partial charge in [-0.05, 0) is 25.7 Å². The number of hydrogen-bond donors (Lipinski definition) is 1. The smallest absolute Gasteiger partial charge is 0.232 e. The van der Waals surface area contributed by atoms with Crippen molar-refractivity contribution in [1.29, 1.82) is 0 Å². The van der Waals surface area contributed by atoms with Crippen LogP contribution in [-0.4, -0.2) is 10.1 Å². The molecule has 0 amide bonds. The lowest BCUT2D eigenvalue weighted by molar-refractivity contribution is 0.285. The number of rotatable bonds is 2. The van der Waals surface area contributed by atoms with E-state index in [4.69, 9.17) is 15.2 Å². The molecular formula is C15H25N3O. The van der Waals surface area contributed by atoms with E-state index >= 15 is 0 Å². The van der Waals surface area contributed by atoms with Crippen LogP contribution in [0.1, 0.15) is 82.8 Å². The van der Waals surface area contributed by atoms with E-state index in [1.165, 1.54) is 38.5 Å². The van der Waals surface area contributed by atoms with Gasteiger partial charge in [-0.1, -0.05) is 50.6 Å². The Labute approximate surface area is 115 Å². The van der Waals surface area contributed by atoms with Gasteiger partial charge in [0.25, 0.3) is 0 Å². The summed E-state index contributed by atoms with van der Waals surface area (Å²) in [4.78, 5) is 4.70. The zero-order chi connectivity index (χ0) is 13.3. The zero-order valence-electron chi connectivity index (χ0n) is 12.0. The summed E-state index contributed by atoms with van der Waals surface area (Å²) in [5.41, 5.74) is 6.29. The van der Waals surface area contributed by atoms with Gasteiger partial charge in [0.15, 0.2) is 5.82 Å². The summed E-state index contributed by atoms with van der Waals surface area (Å²) in [6, 6.07) is 0. The third-order valence-corrected chi connectivity index (χ3v) is 5.09. The van der Waals surface area contributed by atoms with E-state index in [1.54, 1.807) is 0 Å². The molecule has 0 aromatic carbocycles. The minimum atomic E-state index is -0.354. The van der Waals surface area contributed by atoms with Crippen molar-refractivity contribution in [2.24, 2.45) is 5.73 Å². The second-order valence-electron chi connectivity index (χ2n) is 6.76. The first-order chi connectivity index (χ1) is 9.12. The van der Waals surface area contributed by atoms with E-state index in [2.05, 4.69) is 12.1 Å². The van der Waals surface area contributed by atoms with Crippen LogP contribution in [-0.2, 0) is 11.0 Å². The highest BCUT2D eigenvalue weighted by atomic mass is 16.5. The van der Waals surface area contributed by atoms with Gasteiger partial charge in [-0.15, -0.1) is 0 Å². The molecule has 0 unspecified atom stereocenters. The van der Waals surface area contributed by atoms with Crippen LogP contribution in [0.3, 0.4) is 0 Å². The largest absolute Gasteiger partial charge is 0.339 e. The molecule has 19 heavy (non-hydrogen) atoms. The van der Waals surface area contributed by atoms with E-state index in [0.29, 0.717) is 0 Å². The molecule has 0 radical (unpaired) electrons. The van der Waals surface area contributed by atoms with Gasteiger partial charge in [0.05, 0.1) is 5.54 Å². The molecule has 2 aliphatic rings. The number of aromatic nitrogens is 2. The fourth-order valence-electron chi connectivity index (χ4n) is 3.62. The fourth-order valence-corrected chi connectivity index (χ4v) is 3.62. The fraction of sp³-hybridized carbons (Fsp3) is 0.867. The van der Waals surface area contributed by atoms with E-state index in [-0.39, 0.29) is 11.0 Å². The Morgan fingerprint density at radius 1 is 0.947 bits per heavy atom.